The van der Waals surface area contributed by atoms with Gasteiger partial charge in [-0.25, -0.2) is 9.79 Å². The Hall–Kier alpha value is -3.98. The predicted molar refractivity (Wildman–Crippen MR) is 114 cm³/mol. The van der Waals surface area contributed by atoms with Crippen molar-refractivity contribution in [3.05, 3.63) is 70.8 Å². The molecule has 2 aliphatic heterocycles. The first-order valence-corrected chi connectivity index (χ1v) is 10.00. The van der Waals surface area contributed by atoms with Crippen LogP contribution in [0.15, 0.2) is 68.9 Å². The lowest BCUT2D eigenvalue weighted by Gasteiger charge is -1.99. The molecule has 3 heterocycles. The van der Waals surface area contributed by atoms with E-state index in [4.69, 9.17) is 19.0 Å². The highest BCUT2D eigenvalue weighted by Gasteiger charge is 2.25. The monoisotopic (exact) mass is 434 g/mol. The number of benzene rings is 2. The number of thioether (sulfide) groups is 1. The van der Waals surface area contributed by atoms with E-state index in [-0.39, 0.29) is 18.3 Å². The minimum atomic E-state index is -1.01. The zero-order chi connectivity index (χ0) is 21.4. The highest BCUT2D eigenvalue weighted by atomic mass is 32.2. The van der Waals surface area contributed by atoms with Crippen molar-refractivity contribution in [3.63, 3.8) is 0 Å². The Bertz CT molecular complexity index is 1280. The summed E-state index contributed by atoms with van der Waals surface area (Å²) in [7, 11) is 0. The fourth-order valence-electron chi connectivity index (χ4n) is 3.07. The molecule has 2 aromatic carbocycles. The first kappa shape index (κ1) is 19.0. The van der Waals surface area contributed by atoms with E-state index < -0.39 is 5.97 Å². The topological polar surface area (TPSA) is 110 Å². The average Bonchev–Trinajstić information content (AvgIpc) is 3.49. The molecule has 3 aromatic rings. The number of ether oxygens (including phenoxy) is 2. The summed E-state index contributed by atoms with van der Waals surface area (Å²) in [5, 5.41) is 12.3. The minimum Gasteiger partial charge on any atom is -0.478 e. The maximum Gasteiger partial charge on any atom is 0.335 e. The van der Waals surface area contributed by atoms with Crippen LogP contribution in [0.25, 0.3) is 17.4 Å². The van der Waals surface area contributed by atoms with Gasteiger partial charge in [0.05, 0.1) is 16.2 Å². The van der Waals surface area contributed by atoms with E-state index in [1.165, 1.54) is 23.9 Å². The number of carboxylic acid groups (broad SMARTS) is 1. The summed E-state index contributed by atoms with van der Waals surface area (Å²) in [6.07, 6.45) is 1.62. The lowest BCUT2D eigenvalue weighted by molar-refractivity contribution is -0.115. The van der Waals surface area contributed by atoms with Crippen LogP contribution in [-0.4, -0.2) is 28.9 Å². The van der Waals surface area contributed by atoms with Crippen LogP contribution in [0, 0.1) is 0 Å². The summed E-state index contributed by atoms with van der Waals surface area (Å²) in [4.78, 5) is 28.4. The Balaban J connectivity index is 1.35. The molecule has 8 nitrogen and oxygen atoms in total. The second-order valence-electron chi connectivity index (χ2n) is 6.61. The third-order valence-electron chi connectivity index (χ3n) is 4.53. The normalized spacial score (nSPS) is 17.4. The van der Waals surface area contributed by atoms with Crippen LogP contribution in [0.2, 0.25) is 0 Å². The van der Waals surface area contributed by atoms with Gasteiger partial charge in [0.2, 0.25) is 6.79 Å². The molecule has 2 aliphatic rings. The number of hydrogen-bond acceptors (Lipinski definition) is 7. The maximum absolute atomic E-state index is 12.3. The number of amidine groups is 1. The number of furan rings is 1. The molecule has 0 aliphatic carbocycles. The Morgan fingerprint density at radius 2 is 1.97 bits per heavy atom. The third kappa shape index (κ3) is 3.90. The van der Waals surface area contributed by atoms with Gasteiger partial charge in [-0.2, -0.15) is 0 Å². The van der Waals surface area contributed by atoms with Crippen LogP contribution < -0.4 is 14.8 Å². The van der Waals surface area contributed by atoms with E-state index >= 15 is 0 Å². The molecule has 1 aromatic heterocycles. The SMILES string of the molecule is O=C1NC(=Nc2ccc3c(c2)OCO3)SC1=Cc1ccc(-c2cccc(C(=O)O)c2)o1. The van der Waals surface area contributed by atoms with Crippen LogP contribution in [0.1, 0.15) is 16.1 Å². The van der Waals surface area contributed by atoms with Gasteiger partial charge in [0.1, 0.15) is 11.5 Å². The molecule has 0 atom stereocenters. The Morgan fingerprint density at radius 3 is 2.84 bits per heavy atom. The van der Waals surface area contributed by atoms with E-state index in [9.17, 15) is 9.59 Å². The van der Waals surface area contributed by atoms with E-state index in [1.807, 2.05) is 0 Å². The number of hydrogen-bond donors (Lipinski definition) is 2. The van der Waals surface area contributed by atoms with Crippen LogP contribution in [-0.2, 0) is 4.79 Å². The van der Waals surface area contributed by atoms with Gasteiger partial charge in [-0.3, -0.25) is 4.79 Å². The number of carboxylic acids is 1. The Labute approximate surface area is 180 Å². The van der Waals surface area contributed by atoms with Gasteiger partial charge >= 0.3 is 5.97 Å². The zero-order valence-electron chi connectivity index (χ0n) is 15.8. The summed E-state index contributed by atoms with van der Waals surface area (Å²) in [6, 6.07) is 15.2. The first-order valence-electron chi connectivity index (χ1n) is 9.18. The minimum absolute atomic E-state index is 0.170. The molecule has 1 saturated heterocycles. The molecule has 1 fully saturated rings. The zero-order valence-corrected chi connectivity index (χ0v) is 16.6. The highest BCUT2D eigenvalue weighted by Crippen LogP contribution is 2.36. The van der Waals surface area contributed by atoms with Gasteiger partial charge < -0.3 is 24.3 Å². The number of rotatable bonds is 4. The summed E-state index contributed by atoms with van der Waals surface area (Å²) in [5.41, 5.74) is 1.44. The van der Waals surface area contributed by atoms with Gasteiger partial charge in [-0.1, -0.05) is 12.1 Å². The molecule has 31 heavy (non-hydrogen) atoms. The van der Waals surface area contributed by atoms with E-state index in [0.29, 0.717) is 44.3 Å². The number of fused-ring (bicyclic) bond motifs is 1. The number of aromatic carboxylic acids is 1. The first-order chi connectivity index (χ1) is 15.0. The Morgan fingerprint density at radius 1 is 1.10 bits per heavy atom. The largest absolute Gasteiger partial charge is 0.478 e. The fourth-order valence-corrected chi connectivity index (χ4v) is 3.89. The van der Waals surface area contributed by atoms with Crippen molar-refractivity contribution in [2.45, 2.75) is 0 Å². The summed E-state index contributed by atoms with van der Waals surface area (Å²) in [6.45, 7) is 0.180. The van der Waals surface area contributed by atoms with Gasteiger partial charge in [-0.15, -0.1) is 0 Å². The number of amides is 1. The standard InChI is InChI=1S/C22H14N2O6S/c25-20-19(31-22(24-20)23-14-4-6-17-18(9-14)29-11-28-17)10-15-5-7-16(30-15)12-2-1-3-13(8-12)21(26)27/h1-10H,11H2,(H,26,27)(H,23,24,25). The van der Waals surface area contributed by atoms with Crippen molar-refractivity contribution >= 4 is 40.6 Å². The summed E-state index contributed by atoms with van der Waals surface area (Å²) in [5.74, 6) is 0.960. The molecule has 5 rings (SSSR count). The van der Waals surface area contributed by atoms with Gasteiger partial charge in [-0.05, 0) is 48.2 Å². The average molecular weight is 434 g/mol. The van der Waals surface area contributed by atoms with Crippen LogP contribution >= 0.6 is 11.8 Å². The Kier molecular flexibility index (Phi) is 4.72. The van der Waals surface area contributed by atoms with Gasteiger partial charge in [0.25, 0.3) is 5.91 Å². The fraction of sp³-hybridized carbons (Fsp3) is 0.0455. The molecular weight excluding hydrogens is 420 g/mol. The third-order valence-corrected chi connectivity index (χ3v) is 5.44. The summed E-state index contributed by atoms with van der Waals surface area (Å²) < 4.78 is 16.4. The summed E-state index contributed by atoms with van der Waals surface area (Å²) >= 11 is 1.19. The molecule has 2 N–H and O–H groups in total. The van der Waals surface area contributed by atoms with Crippen molar-refractivity contribution in [1.29, 1.82) is 0 Å². The van der Waals surface area contributed by atoms with Crippen LogP contribution in [0.5, 0.6) is 11.5 Å². The predicted octanol–water partition coefficient (Wildman–Crippen LogP) is 4.27. The van der Waals surface area contributed by atoms with E-state index in [1.54, 1.807) is 48.5 Å². The van der Waals surface area contributed by atoms with Crippen LogP contribution in [0.3, 0.4) is 0 Å². The molecule has 0 unspecified atom stereocenters. The number of carbonyl (C=O) groups excluding carboxylic acids is 1. The van der Waals surface area contributed by atoms with Crippen molar-refractivity contribution in [3.8, 4) is 22.8 Å². The second-order valence-corrected chi connectivity index (χ2v) is 7.64. The van der Waals surface area contributed by atoms with Crippen molar-refractivity contribution in [2.75, 3.05) is 6.79 Å². The molecular formula is C22H14N2O6S. The number of nitrogens with zero attached hydrogens (tertiary/aromatic N) is 1. The lowest BCUT2D eigenvalue weighted by atomic mass is 10.1. The molecule has 0 saturated carbocycles. The molecule has 0 spiro atoms. The van der Waals surface area contributed by atoms with E-state index in [2.05, 4.69) is 10.3 Å². The van der Waals surface area contributed by atoms with Gasteiger partial charge in [0.15, 0.2) is 16.7 Å². The molecule has 0 bridgehead atoms. The smallest absolute Gasteiger partial charge is 0.335 e. The number of nitrogens with one attached hydrogen (secondary N) is 1. The van der Waals surface area contributed by atoms with Crippen molar-refractivity contribution in [2.24, 2.45) is 4.99 Å². The second kappa shape index (κ2) is 7.69. The van der Waals surface area contributed by atoms with Crippen molar-refractivity contribution < 1.29 is 28.6 Å². The van der Waals surface area contributed by atoms with Crippen molar-refractivity contribution in [1.82, 2.24) is 5.32 Å². The highest BCUT2D eigenvalue weighted by molar-refractivity contribution is 8.18. The lowest BCUT2D eigenvalue weighted by Crippen LogP contribution is -2.19. The number of aliphatic imine (C=N–C) groups is 1. The molecule has 1 amide bonds. The van der Waals surface area contributed by atoms with E-state index in [0.717, 1.165) is 0 Å². The molecule has 9 heteroatoms. The van der Waals surface area contributed by atoms with Gasteiger partial charge in [0, 0.05) is 17.7 Å². The van der Waals surface area contributed by atoms with Crippen LogP contribution in [0.4, 0.5) is 5.69 Å². The molecule has 0 radical (unpaired) electrons. The quantitative estimate of drug-likeness (QED) is 0.590. The molecule has 154 valence electrons. The number of carbonyl (C=O) groups is 2. The maximum atomic E-state index is 12.3.